The second-order valence-electron chi connectivity index (χ2n) is 4.82. The van der Waals surface area contributed by atoms with Gasteiger partial charge in [0, 0.05) is 19.0 Å². The third kappa shape index (κ3) is 3.49. The van der Waals surface area contributed by atoms with E-state index in [1.807, 2.05) is 6.92 Å². The molecular formula is C13H19N3O4. The molecule has 1 atom stereocenters. The summed E-state index contributed by atoms with van der Waals surface area (Å²) in [5, 5.41) is 11.5. The molecule has 0 radical (unpaired) electrons. The Hall–Kier alpha value is -2.05. The van der Waals surface area contributed by atoms with Crippen LogP contribution < -0.4 is 5.32 Å². The Morgan fingerprint density at radius 3 is 3.05 bits per heavy atom. The highest BCUT2D eigenvalue weighted by molar-refractivity contribution is 5.76. The summed E-state index contributed by atoms with van der Waals surface area (Å²) in [6.45, 7) is 2.77. The maximum Gasteiger partial charge on any atom is 0.318 e. The smallest absolute Gasteiger partial charge is 0.318 e. The van der Waals surface area contributed by atoms with E-state index in [9.17, 15) is 9.59 Å². The van der Waals surface area contributed by atoms with Gasteiger partial charge in [0.15, 0.2) is 0 Å². The summed E-state index contributed by atoms with van der Waals surface area (Å²) in [5.74, 6) is 0.360. The second-order valence-corrected chi connectivity index (χ2v) is 4.82. The van der Waals surface area contributed by atoms with Crippen molar-refractivity contribution in [2.75, 3.05) is 6.54 Å². The minimum absolute atomic E-state index is 0.00753. The summed E-state index contributed by atoms with van der Waals surface area (Å²) >= 11 is 0. The number of rotatable bonds is 5. The van der Waals surface area contributed by atoms with Crippen molar-refractivity contribution in [3.63, 3.8) is 0 Å². The van der Waals surface area contributed by atoms with Gasteiger partial charge in [0.25, 0.3) is 0 Å². The van der Waals surface area contributed by atoms with Crippen molar-refractivity contribution in [2.24, 2.45) is 0 Å². The number of likely N-dealkylation sites (tertiary alicyclic amines) is 1. The van der Waals surface area contributed by atoms with Crippen LogP contribution in [0, 0.1) is 0 Å². The lowest BCUT2D eigenvalue weighted by molar-refractivity contribution is -0.137. The maximum atomic E-state index is 12.0. The molecule has 1 aliphatic heterocycles. The van der Waals surface area contributed by atoms with Crippen molar-refractivity contribution in [1.29, 1.82) is 0 Å². The topological polar surface area (TPSA) is 95.7 Å². The van der Waals surface area contributed by atoms with Crippen molar-refractivity contribution in [3.8, 4) is 0 Å². The zero-order valence-electron chi connectivity index (χ0n) is 11.5. The van der Waals surface area contributed by atoms with Gasteiger partial charge in [-0.1, -0.05) is 6.92 Å². The van der Waals surface area contributed by atoms with Gasteiger partial charge < -0.3 is 19.7 Å². The number of hydrogen-bond acceptors (Lipinski definition) is 4. The van der Waals surface area contributed by atoms with Gasteiger partial charge in [-0.05, 0) is 12.8 Å². The molecule has 0 spiro atoms. The van der Waals surface area contributed by atoms with Crippen LogP contribution in [0.15, 0.2) is 10.6 Å². The monoisotopic (exact) mass is 281 g/mol. The van der Waals surface area contributed by atoms with Crippen LogP contribution in [0.4, 0.5) is 4.79 Å². The summed E-state index contributed by atoms with van der Waals surface area (Å²) in [6.07, 6.45) is 3.97. The SMILES string of the molecule is CCc1cnc(CNC(=O)N2CCCC2CC(=O)O)o1. The van der Waals surface area contributed by atoms with Crippen LogP contribution in [0.25, 0.3) is 0 Å². The molecule has 1 unspecified atom stereocenters. The van der Waals surface area contributed by atoms with Crippen LogP contribution in [0.5, 0.6) is 0 Å². The Labute approximate surface area is 117 Å². The average molecular weight is 281 g/mol. The number of aliphatic carboxylic acids is 1. The molecule has 110 valence electrons. The van der Waals surface area contributed by atoms with Gasteiger partial charge in [0.2, 0.25) is 5.89 Å². The van der Waals surface area contributed by atoms with Crippen LogP contribution in [-0.4, -0.2) is 39.6 Å². The van der Waals surface area contributed by atoms with Gasteiger partial charge in [0.05, 0.1) is 19.2 Å². The summed E-state index contributed by atoms with van der Waals surface area (Å²) in [6, 6.07) is -0.478. The number of amides is 2. The normalized spacial score (nSPS) is 18.2. The minimum atomic E-state index is -0.880. The lowest BCUT2D eigenvalue weighted by Gasteiger charge is -2.23. The number of carboxylic acids is 1. The van der Waals surface area contributed by atoms with Crippen molar-refractivity contribution in [3.05, 3.63) is 17.8 Å². The number of urea groups is 1. The zero-order valence-corrected chi connectivity index (χ0v) is 11.5. The molecule has 20 heavy (non-hydrogen) atoms. The first kappa shape index (κ1) is 14.4. The first-order chi connectivity index (χ1) is 9.60. The third-order valence-electron chi connectivity index (χ3n) is 3.39. The van der Waals surface area contributed by atoms with Gasteiger partial charge in [-0.15, -0.1) is 0 Å². The molecule has 1 fully saturated rings. The summed E-state index contributed by atoms with van der Waals surface area (Å²) in [5.41, 5.74) is 0. The summed E-state index contributed by atoms with van der Waals surface area (Å²) in [7, 11) is 0. The largest absolute Gasteiger partial charge is 0.481 e. The van der Waals surface area contributed by atoms with E-state index in [0.29, 0.717) is 12.4 Å². The summed E-state index contributed by atoms with van der Waals surface area (Å²) in [4.78, 5) is 28.4. The highest BCUT2D eigenvalue weighted by Gasteiger charge is 2.30. The maximum absolute atomic E-state index is 12.0. The second kappa shape index (κ2) is 6.40. The molecule has 2 heterocycles. The fourth-order valence-corrected chi connectivity index (χ4v) is 2.36. The van der Waals surface area contributed by atoms with Crippen LogP contribution in [0.1, 0.15) is 37.8 Å². The van der Waals surface area contributed by atoms with E-state index in [-0.39, 0.29) is 25.0 Å². The van der Waals surface area contributed by atoms with Crippen molar-refractivity contribution >= 4 is 12.0 Å². The van der Waals surface area contributed by atoms with Crippen LogP contribution in [-0.2, 0) is 17.8 Å². The number of hydrogen-bond donors (Lipinski definition) is 2. The van der Waals surface area contributed by atoms with Crippen molar-refractivity contribution in [1.82, 2.24) is 15.2 Å². The fourth-order valence-electron chi connectivity index (χ4n) is 2.36. The molecular weight excluding hydrogens is 262 g/mol. The van der Waals surface area contributed by atoms with Crippen LogP contribution in [0.3, 0.4) is 0 Å². The Balaban J connectivity index is 1.86. The number of aromatic nitrogens is 1. The zero-order chi connectivity index (χ0) is 14.5. The first-order valence-electron chi connectivity index (χ1n) is 6.80. The van der Waals surface area contributed by atoms with Gasteiger partial charge in [-0.3, -0.25) is 4.79 Å². The molecule has 7 heteroatoms. The standard InChI is InChI=1S/C13H19N3O4/c1-2-10-7-14-11(20-10)8-15-13(19)16-5-3-4-9(16)6-12(17)18/h7,9H,2-6,8H2,1H3,(H,15,19)(H,17,18). The number of nitrogens with zero attached hydrogens (tertiary/aromatic N) is 2. The molecule has 2 amide bonds. The molecule has 2 N–H and O–H groups in total. The molecule has 0 aromatic carbocycles. The molecule has 0 aliphatic carbocycles. The van der Waals surface area contributed by atoms with E-state index in [0.717, 1.165) is 25.0 Å². The highest BCUT2D eigenvalue weighted by atomic mass is 16.4. The van der Waals surface area contributed by atoms with E-state index < -0.39 is 5.97 Å². The van der Waals surface area contributed by atoms with E-state index >= 15 is 0 Å². The van der Waals surface area contributed by atoms with Gasteiger partial charge in [-0.25, -0.2) is 9.78 Å². The number of oxazole rings is 1. The van der Waals surface area contributed by atoms with E-state index in [1.165, 1.54) is 0 Å². The Morgan fingerprint density at radius 1 is 1.60 bits per heavy atom. The van der Waals surface area contributed by atoms with Crippen LogP contribution in [0.2, 0.25) is 0 Å². The number of carboxylic acid groups (broad SMARTS) is 1. The van der Waals surface area contributed by atoms with Crippen molar-refractivity contribution < 1.29 is 19.1 Å². The Bertz CT molecular complexity index is 486. The summed E-state index contributed by atoms with van der Waals surface area (Å²) < 4.78 is 5.40. The molecule has 1 aromatic rings. The molecule has 0 bridgehead atoms. The minimum Gasteiger partial charge on any atom is -0.481 e. The number of carbonyl (C=O) groups is 2. The molecule has 1 aromatic heterocycles. The molecule has 1 saturated heterocycles. The lowest BCUT2D eigenvalue weighted by atomic mass is 10.1. The van der Waals surface area contributed by atoms with Crippen molar-refractivity contribution in [2.45, 2.75) is 45.2 Å². The number of nitrogens with one attached hydrogen (secondary N) is 1. The fraction of sp³-hybridized carbons (Fsp3) is 0.615. The van der Waals surface area contributed by atoms with Crippen LogP contribution >= 0.6 is 0 Å². The molecule has 7 nitrogen and oxygen atoms in total. The molecule has 1 aliphatic rings. The van der Waals surface area contributed by atoms with Gasteiger partial charge in [0.1, 0.15) is 5.76 Å². The predicted molar refractivity (Wildman–Crippen MR) is 70.1 cm³/mol. The number of carbonyl (C=O) groups excluding carboxylic acids is 1. The highest BCUT2D eigenvalue weighted by Crippen LogP contribution is 2.20. The average Bonchev–Trinajstić information content (AvgIpc) is 3.04. The Morgan fingerprint density at radius 2 is 2.40 bits per heavy atom. The Kier molecular flexibility index (Phi) is 4.60. The van der Waals surface area contributed by atoms with E-state index in [1.54, 1.807) is 11.1 Å². The van der Waals surface area contributed by atoms with Gasteiger partial charge >= 0.3 is 12.0 Å². The number of aryl methyl sites for hydroxylation is 1. The first-order valence-corrected chi connectivity index (χ1v) is 6.80. The van der Waals surface area contributed by atoms with E-state index in [4.69, 9.17) is 9.52 Å². The third-order valence-corrected chi connectivity index (χ3v) is 3.39. The predicted octanol–water partition coefficient (Wildman–Crippen LogP) is 1.39. The quantitative estimate of drug-likeness (QED) is 0.850. The molecule has 0 saturated carbocycles. The molecule has 2 rings (SSSR count). The lowest BCUT2D eigenvalue weighted by Crippen LogP contribution is -2.43. The van der Waals surface area contributed by atoms with Gasteiger partial charge in [-0.2, -0.15) is 0 Å². The van der Waals surface area contributed by atoms with E-state index in [2.05, 4.69) is 10.3 Å².